The molecule has 0 bridgehead atoms. The van der Waals surface area contributed by atoms with Crippen molar-refractivity contribution in [1.29, 1.82) is 0 Å². The highest BCUT2D eigenvalue weighted by Gasteiger charge is 2.35. The largest absolute Gasteiger partial charge is 0.439 e. The van der Waals surface area contributed by atoms with Crippen LogP contribution in [-0.4, -0.2) is 14.8 Å². The van der Waals surface area contributed by atoms with Crippen LogP contribution in [0.3, 0.4) is 0 Å². The highest BCUT2D eigenvalue weighted by molar-refractivity contribution is 5.34. The lowest BCUT2D eigenvalue weighted by atomic mass is 10.2. The fourth-order valence-electron chi connectivity index (χ4n) is 2.16. The van der Waals surface area contributed by atoms with Crippen LogP contribution in [0.1, 0.15) is 11.3 Å². The number of ether oxygens (including phenoxy) is 2. The molecule has 0 aliphatic rings. The molecule has 0 spiro atoms. The van der Waals surface area contributed by atoms with Crippen molar-refractivity contribution in [2.45, 2.75) is 12.4 Å². The van der Waals surface area contributed by atoms with Gasteiger partial charge >= 0.3 is 12.4 Å². The summed E-state index contributed by atoms with van der Waals surface area (Å²) in [4.78, 5) is 3.92. The smallest absolute Gasteiger partial charge is 0.435 e. The van der Waals surface area contributed by atoms with Crippen LogP contribution in [-0.2, 0) is 19.4 Å². The van der Waals surface area contributed by atoms with Gasteiger partial charge in [-0.25, -0.2) is 4.68 Å². The molecule has 0 aliphatic carbocycles. The zero-order chi connectivity index (χ0) is 20.5. The van der Waals surface area contributed by atoms with Crippen molar-refractivity contribution in [3.63, 3.8) is 0 Å². The molecule has 0 N–H and O–H groups in total. The van der Waals surface area contributed by atoms with Crippen LogP contribution >= 0.6 is 0 Å². The fraction of sp³-hybridized carbons (Fsp3) is 0.176. The standard InChI is InChI=1S/C17H11F6N3O2/c1-26-15(9-12(25-26)17(21,22)23)28-14-7-3-6-13(24-14)27-11-5-2-4-10(8-11)16(18,19)20/h2-9H,1H3. The van der Waals surface area contributed by atoms with Gasteiger partial charge in [-0.05, 0) is 18.2 Å². The zero-order valence-electron chi connectivity index (χ0n) is 14.0. The molecule has 0 amide bonds. The second-order valence-corrected chi connectivity index (χ2v) is 5.53. The Morgan fingerprint density at radius 3 is 2.07 bits per heavy atom. The molecule has 0 atom stereocenters. The molecule has 0 saturated carbocycles. The summed E-state index contributed by atoms with van der Waals surface area (Å²) in [6.45, 7) is 0. The van der Waals surface area contributed by atoms with Gasteiger partial charge in [0.05, 0.1) is 5.56 Å². The minimum Gasteiger partial charge on any atom is -0.439 e. The summed E-state index contributed by atoms with van der Waals surface area (Å²) in [7, 11) is 1.26. The van der Waals surface area contributed by atoms with E-state index in [1.165, 1.54) is 37.4 Å². The normalized spacial score (nSPS) is 12.1. The lowest BCUT2D eigenvalue weighted by Crippen LogP contribution is -2.06. The van der Waals surface area contributed by atoms with Gasteiger partial charge in [0.25, 0.3) is 0 Å². The van der Waals surface area contributed by atoms with Crippen LogP contribution in [0.15, 0.2) is 48.5 Å². The average Bonchev–Trinajstić information content (AvgIpc) is 2.96. The molecule has 0 radical (unpaired) electrons. The number of aromatic nitrogens is 3. The van der Waals surface area contributed by atoms with E-state index in [1.54, 1.807) is 0 Å². The highest BCUT2D eigenvalue weighted by atomic mass is 19.4. The van der Waals surface area contributed by atoms with E-state index >= 15 is 0 Å². The van der Waals surface area contributed by atoms with E-state index in [0.29, 0.717) is 6.07 Å². The van der Waals surface area contributed by atoms with Gasteiger partial charge in [-0.15, -0.1) is 0 Å². The monoisotopic (exact) mass is 403 g/mol. The summed E-state index contributed by atoms with van der Waals surface area (Å²) in [5.74, 6) is -0.563. The lowest BCUT2D eigenvalue weighted by molar-refractivity contribution is -0.141. The van der Waals surface area contributed by atoms with Crippen LogP contribution in [0.2, 0.25) is 0 Å². The van der Waals surface area contributed by atoms with Crippen LogP contribution < -0.4 is 9.47 Å². The Bertz CT molecular complexity index is 982. The molecule has 0 unspecified atom stereocenters. The van der Waals surface area contributed by atoms with Gasteiger partial charge in [-0.2, -0.15) is 36.4 Å². The Balaban J connectivity index is 1.79. The van der Waals surface area contributed by atoms with Crippen molar-refractivity contribution in [1.82, 2.24) is 14.8 Å². The Kier molecular flexibility index (Phi) is 4.92. The molecule has 3 aromatic rings. The first-order valence-electron chi connectivity index (χ1n) is 7.63. The molecular weight excluding hydrogens is 392 g/mol. The van der Waals surface area contributed by atoms with Gasteiger partial charge in [-0.3, -0.25) is 0 Å². The number of halogens is 6. The van der Waals surface area contributed by atoms with E-state index in [4.69, 9.17) is 9.47 Å². The van der Waals surface area contributed by atoms with E-state index in [2.05, 4.69) is 10.1 Å². The first-order valence-corrected chi connectivity index (χ1v) is 7.63. The zero-order valence-corrected chi connectivity index (χ0v) is 14.0. The van der Waals surface area contributed by atoms with Crippen molar-refractivity contribution in [3.8, 4) is 23.4 Å². The van der Waals surface area contributed by atoms with E-state index in [9.17, 15) is 26.3 Å². The molecule has 1 aromatic carbocycles. The third-order valence-corrected chi connectivity index (χ3v) is 3.42. The van der Waals surface area contributed by atoms with Crippen molar-refractivity contribution in [3.05, 3.63) is 59.8 Å². The highest BCUT2D eigenvalue weighted by Crippen LogP contribution is 2.34. The molecule has 5 nitrogen and oxygen atoms in total. The number of aryl methyl sites for hydroxylation is 1. The number of hydrogen-bond acceptors (Lipinski definition) is 4. The van der Waals surface area contributed by atoms with Crippen molar-refractivity contribution >= 4 is 0 Å². The number of alkyl halides is 6. The number of hydrogen-bond donors (Lipinski definition) is 0. The Morgan fingerprint density at radius 2 is 1.46 bits per heavy atom. The minimum atomic E-state index is -4.64. The van der Waals surface area contributed by atoms with Crippen LogP contribution in [0.25, 0.3) is 0 Å². The minimum absolute atomic E-state index is 0.102. The molecule has 0 aliphatic heterocycles. The second kappa shape index (κ2) is 7.06. The molecule has 3 rings (SSSR count). The number of benzene rings is 1. The van der Waals surface area contributed by atoms with Gasteiger partial charge in [-0.1, -0.05) is 12.1 Å². The summed E-state index contributed by atoms with van der Waals surface area (Å²) < 4.78 is 87.8. The number of nitrogens with zero attached hydrogens (tertiary/aromatic N) is 3. The lowest BCUT2D eigenvalue weighted by Gasteiger charge is -2.10. The summed E-state index contributed by atoms with van der Waals surface area (Å²) in [6, 6.07) is 8.99. The van der Waals surface area contributed by atoms with E-state index < -0.39 is 23.6 Å². The maximum absolute atomic E-state index is 12.8. The number of rotatable bonds is 4. The first kappa shape index (κ1) is 19.5. The molecule has 2 heterocycles. The third kappa shape index (κ3) is 4.53. The summed E-state index contributed by atoms with van der Waals surface area (Å²) in [6.07, 6.45) is -9.17. The predicted octanol–water partition coefficient (Wildman–Crippen LogP) is 5.44. The van der Waals surface area contributed by atoms with Gasteiger partial charge in [0, 0.05) is 25.2 Å². The molecule has 11 heteroatoms. The van der Waals surface area contributed by atoms with Crippen molar-refractivity contribution in [2.75, 3.05) is 0 Å². The second-order valence-electron chi connectivity index (χ2n) is 5.53. The van der Waals surface area contributed by atoms with Crippen LogP contribution in [0, 0.1) is 0 Å². The molecule has 0 saturated heterocycles. The Labute approximate surface area is 154 Å². The molecule has 0 fully saturated rings. The fourth-order valence-corrected chi connectivity index (χ4v) is 2.16. The van der Waals surface area contributed by atoms with Crippen molar-refractivity contribution in [2.24, 2.45) is 7.05 Å². The topological polar surface area (TPSA) is 49.2 Å². The van der Waals surface area contributed by atoms with E-state index in [0.717, 1.165) is 16.8 Å². The van der Waals surface area contributed by atoms with E-state index in [-0.39, 0.29) is 23.4 Å². The van der Waals surface area contributed by atoms with E-state index in [1.807, 2.05) is 0 Å². The first-order chi connectivity index (χ1) is 13.0. The number of pyridine rings is 1. The molecular formula is C17H11F6N3O2. The van der Waals surface area contributed by atoms with Gasteiger partial charge in [0.2, 0.25) is 17.6 Å². The van der Waals surface area contributed by atoms with Crippen LogP contribution in [0.4, 0.5) is 26.3 Å². The quantitative estimate of drug-likeness (QED) is 0.545. The van der Waals surface area contributed by atoms with Gasteiger partial charge < -0.3 is 9.47 Å². The summed E-state index contributed by atoms with van der Waals surface area (Å²) >= 11 is 0. The molecule has 2 aromatic heterocycles. The third-order valence-electron chi connectivity index (χ3n) is 3.42. The maximum Gasteiger partial charge on any atom is 0.435 e. The SMILES string of the molecule is Cn1nc(C(F)(F)F)cc1Oc1cccc(Oc2cccc(C(F)(F)F)c2)n1. The van der Waals surface area contributed by atoms with Gasteiger partial charge in [0.15, 0.2) is 5.69 Å². The Morgan fingerprint density at radius 1 is 0.821 bits per heavy atom. The Hall–Kier alpha value is -3.24. The average molecular weight is 403 g/mol. The maximum atomic E-state index is 12.8. The van der Waals surface area contributed by atoms with Crippen molar-refractivity contribution < 1.29 is 35.8 Å². The van der Waals surface area contributed by atoms with Gasteiger partial charge in [0.1, 0.15) is 5.75 Å². The molecule has 148 valence electrons. The van der Waals surface area contributed by atoms with Crippen LogP contribution in [0.5, 0.6) is 23.4 Å². The summed E-state index contributed by atoms with van der Waals surface area (Å²) in [5.41, 5.74) is -2.03. The predicted molar refractivity (Wildman–Crippen MR) is 84.0 cm³/mol. The molecule has 28 heavy (non-hydrogen) atoms. The summed E-state index contributed by atoms with van der Waals surface area (Å²) in [5, 5.41) is 3.30.